The van der Waals surface area contributed by atoms with E-state index in [0.717, 1.165) is 11.1 Å². The predicted octanol–water partition coefficient (Wildman–Crippen LogP) is 2.06. The van der Waals surface area contributed by atoms with Crippen LogP contribution in [-0.2, 0) is 4.74 Å². The summed E-state index contributed by atoms with van der Waals surface area (Å²) in [6, 6.07) is 11.1. The number of nitrogens with zero attached hydrogens (tertiary/aromatic N) is 6. The highest BCUT2D eigenvalue weighted by Gasteiger charge is 2.17. The fourth-order valence-corrected chi connectivity index (χ4v) is 3.69. The van der Waals surface area contributed by atoms with Crippen molar-refractivity contribution in [2.24, 2.45) is 10.2 Å². The molecule has 3 aliphatic heterocycles. The molecule has 0 saturated carbocycles. The summed E-state index contributed by atoms with van der Waals surface area (Å²) < 4.78 is 26.9. The third-order valence-electron chi connectivity index (χ3n) is 5.47. The molecule has 0 unspecified atom stereocenters. The summed E-state index contributed by atoms with van der Waals surface area (Å²) >= 11 is 0. The molecule has 1 saturated heterocycles. The molecule has 13 heteroatoms. The van der Waals surface area contributed by atoms with Crippen LogP contribution in [0.2, 0.25) is 0 Å². The van der Waals surface area contributed by atoms with Crippen LogP contribution < -0.4 is 34.7 Å². The monoisotopic (exact) mass is 490 g/mol. The standard InChI is InChI=1S/C23H22N8O5/c1-3-17-19(35-13-33-17)9-15(1)11-24-29-21-26-22(28-23(27-21)31-5-7-32-8-6-31)30-25-12-16-2-4-18-20(10-16)36-14-34-18/h1-4,9-12H,5-8,13-14H2,(H2,26,27,28,29,30)/b24-11+,25-12+. The summed E-state index contributed by atoms with van der Waals surface area (Å²) in [5.74, 6) is 3.82. The molecule has 0 amide bonds. The molecule has 36 heavy (non-hydrogen) atoms. The van der Waals surface area contributed by atoms with E-state index in [4.69, 9.17) is 23.7 Å². The lowest BCUT2D eigenvalue weighted by atomic mass is 10.2. The van der Waals surface area contributed by atoms with Crippen molar-refractivity contribution >= 4 is 30.3 Å². The summed E-state index contributed by atoms with van der Waals surface area (Å²) in [6.07, 6.45) is 3.29. The van der Waals surface area contributed by atoms with Gasteiger partial charge in [0.15, 0.2) is 23.0 Å². The molecular weight excluding hydrogens is 468 g/mol. The second-order valence-corrected chi connectivity index (χ2v) is 7.85. The lowest BCUT2D eigenvalue weighted by molar-refractivity contribution is 0.122. The molecule has 6 rings (SSSR count). The van der Waals surface area contributed by atoms with Crippen LogP contribution in [0.3, 0.4) is 0 Å². The average Bonchev–Trinajstić information content (AvgIpc) is 3.58. The minimum atomic E-state index is 0.219. The number of morpholine rings is 1. The van der Waals surface area contributed by atoms with Gasteiger partial charge in [-0.25, -0.2) is 10.9 Å². The number of anilines is 3. The van der Waals surface area contributed by atoms with Gasteiger partial charge >= 0.3 is 0 Å². The number of ether oxygens (including phenoxy) is 5. The summed E-state index contributed by atoms with van der Waals surface area (Å²) in [6.45, 7) is 2.98. The largest absolute Gasteiger partial charge is 0.454 e. The molecule has 2 aromatic carbocycles. The quantitative estimate of drug-likeness (QED) is 0.372. The summed E-state index contributed by atoms with van der Waals surface area (Å²) in [4.78, 5) is 15.4. The molecule has 0 radical (unpaired) electrons. The second kappa shape index (κ2) is 9.92. The molecule has 4 heterocycles. The molecule has 3 aromatic rings. The van der Waals surface area contributed by atoms with Crippen LogP contribution in [0, 0.1) is 0 Å². The van der Waals surface area contributed by atoms with E-state index in [1.807, 2.05) is 41.3 Å². The normalized spacial score (nSPS) is 16.2. The Morgan fingerprint density at radius 1 is 0.694 bits per heavy atom. The number of rotatable bonds is 7. The van der Waals surface area contributed by atoms with Crippen molar-refractivity contribution in [2.45, 2.75) is 0 Å². The fourth-order valence-electron chi connectivity index (χ4n) is 3.69. The summed E-state index contributed by atoms with van der Waals surface area (Å²) in [5.41, 5.74) is 7.41. The first kappa shape index (κ1) is 21.9. The molecule has 184 valence electrons. The molecule has 1 aromatic heterocycles. The Kier molecular flexibility index (Phi) is 6.02. The molecule has 1 fully saturated rings. The highest BCUT2D eigenvalue weighted by atomic mass is 16.7. The maximum atomic E-state index is 5.44. The van der Waals surface area contributed by atoms with Crippen molar-refractivity contribution < 1.29 is 23.7 Å². The van der Waals surface area contributed by atoms with Crippen LogP contribution in [-0.4, -0.2) is 67.3 Å². The number of hydrogen-bond acceptors (Lipinski definition) is 13. The van der Waals surface area contributed by atoms with Gasteiger partial charge in [0.1, 0.15) is 0 Å². The Morgan fingerprint density at radius 3 is 1.78 bits per heavy atom. The zero-order valence-corrected chi connectivity index (χ0v) is 19.1. The van der Waals surface area contributed by atoms with Crippen LogP contribution in [0.4, 0.5) is 17.8 Å². The SMILES string of the molecule is C(=N\Nc1nc(N/N=C/c2ccc3c(c2)OCO3)nc(N2CCOCC2)n1)/c1ccc2c(c1)OCO2. The van der Waals surface area contributed by atoms with Crippen molar-refractivity contribution in [3.05, 3.63) is 47.5 Å². The molecular formula is C23H22N8O5. The summed E-state index contributed by atoms with van der Waals surface area (Å²) in [5, 5.41) is 8.53. The third-order valence-corrected chi connectivity index (χ3v) is 5.47. The van der Waals surface area contributed by atoms with Gasteiger partial charge < -0.3 is 28.6 Å². The smallest absolute Gasteiger partial charge is 0.250 e. The Morgan fingerprint density at radius 2 is 1.22 bits per heavy atom. The van der Waals surface area contributed by atoms with E-state index in [9.17, 15) is 0 Å². The van der Waals surface area contributed by atoms with Gasteiger partial charge in [-0.05, 0) is 47.5 Å². The molecule has 0 bridgehead atoms. The molecule has 2 N–H and O–H groups in total. The molecule has 13 nitrogen and oxygen atoms in total. The van der Waals surface area contributed by atoms with E-state index in [1.165, 1.54) is 0 Å². The van der Waals surface area contributed by atoms with Gasteiger partial charge in [0.2, 0.25) is 31.4 Å². The number of hydrogen-bond donors (Lipinski definition) is 2. The van der Waals surface area contributed by atoms with Crippen LogP contribution in [0.5, 0.6) is 23.0 Å². The lowest BCUT2D eigenvalue weighted by Gasteiger charge is -2.26. The fraction of sp³-hybridized carbons (Fsp3) is 0.261. The number of aromatic nitrogens is 3. The van der Waals surface area contributed by atoms with Gasteiger partial charge in [0.25, 0.3) is 0 Å². The van der Waals surface area contributed by atoms with Crippen molar-refractivity contribution in [1.82, 2.24) is 15.0 Å². The lowest BCUT2D eigenvalue weighted by Crippen LogP contribution is -2.37. The van der Waals surface area contributed by atoms with Gasteiger partial charge in [0, 0.05) is 13.1 Å². The van der Waals surface area contributed by atoms with E-state index < -0.39 is 0 Å². The Balaban J connectivity index is 1.18. The highest BCUT2D eigenvalue weighted by molar-refractivity contribution is 5.82. The zero-order valence-electron chi connectivity index (χ0n) is 19.1. The Bertz CT molecular complexity index is 1220. The predicted molar refractivity (Wildman–Crippen MR) is 130 cm³/mol. The van der Waals surface area contributed by atoms with E-state index in [1.54, 1.807) is 12.4 Å². The minimum absolute atomic E-state index is 0.219. The molecule has 0 aliphatic carbocycles. The van der Waals surface area contributed by atoms with Crippen molar-refractivity contribution in [2.75, 3.05) is 55.6 Å². The van der Waals surface area contributed by atoms with E-state index >= 15 is 0 Å². The van der Waals surface area contributed by atoms with Crippen LogP contribution in [0.15, 0.2) is 46.6 Å². The van der Waals surface area contributed by atoms with Gasteiger partial charge in [-0.2, -0.15) is 25.2 Å². The van der Waals surface area contributed by atoms with E-state index in [0.29, 0.717) is 55.2 Å². The Labute approximate surface area is 205 Å². The second-order valence-electron chi connectivity index (χ2n) is 7.85. The average molecular weight is 490 g/mol. The van der Waals surface area contributed by atoms with Crippen molar-refractivity contribution in [3.8, 4) is 23.0 Å². The molecule has 0 spiro atoms. The van der Waals surface area contributed by atoms with E-state index in [2.05, 4.69) is 36.0 Å². The molecule has 0 atom stereocenters. The van der Waals surface area contributed by atoms with Crippen molar-refractivity contribution in [3.63, 3.8) is 0 Å². The van der Waals surface area contributed by atoms with Gasteiger partial charge in [-0.15, -0.1) is 0 Å². The number of nitrogens with one attached hydrogen (secondary N) is 2. The third kappa shape index (κ3) is 4.90. The van der Waals surface area contributed by atoms with E-state index in [-0.39, 0.29) is 25.5 Å². The number of fused-ring (bicyclic) bond motifs is 2. The maximum absolute atomic E-state index is 5.44. The van der Waals surface area contributed by atoms with Crippen LogP contribution in [0.1, 0.15) is 11.1 Å². The van der Waals surface area contributed by atoms with Crippen LogP contribution >= 0.6 is 0 Å². The Hall–Kier alpha value is -4.65. The van der Waals surface area contributed by atoms with Gasteiger partial charge in [0.05, 0.1) is 25.6 Å². The van der Waals surface area contributed by atoms with Gasteiger partial charge in [-0.1, -0.05) is 0 Å². The first-order valence-corrected chi connectivity index (χ1v) is 11.3. The van der Waals surface area contributed by atoms with Crippen LogP contribution in [0.25, 0.3) is 0 Å². The number of hydrazone groups is 2. The summed E-state index contributed by atoms with van der Waals surface area (Å²) in [7, 11) is 0. The van der Waals surface area contributed by atoms with Crippen molar-refractivity contribution in [1.29, 1.82) is 0 Å². The zero-order chi connectivity index (χ0) is 24.2. The molecule has 3 aliphatic rings. The highest BCUT2D eigenvalue weighted by Crippen LogP contribution is 2.32. The maximum Gasteiger partial charge on any atom is 0.250 e. The number of benzene rings is 2. The first-order chi connectivity index (χ1) is 17.8. The topological polar surface area (TPSA) is 137 Å². The van der Waals surface area contributed by atoms with Gasteiger partial charge in [-0.3, -0.25) is 0 Å². The first-order valence-electron chi connectivity index (χ1n) is 11.3. The minimum Gasteiger partial charge on any atom is -0.454 e.